The van der Waals surface area contributed by atoms with E-state index in [0.29, 0.717) is 11.3 Å². The normalized spacial score (nSPS) is 10.3. The lowest BCUT2D eigenvalue weighted by Gasteiger charge is -2.14. The molecule has 0 spiro atoms. The third kappa shape index (κ3) is 3.30. The summed E-state index contributed by atoms with van der Waals surface area (Å²) < 4.78 is 12.9. The number of halogens is 1. The molecule has 2 aromatic rings. The van der Waals surface area contributed by atoms with E-state index in [1.165, 1.54) is 28.8 Å². The van der Waals surface area contributed by atoms with Crippen molar-refractivity contribution in [1.82, 2.24) is 4.90 Å². The average molecular weight is 290 g/mol. The summed E-state index contributed by atoms with van der Waals surface area (Å²) in [7, 11) is 3.40. The lowest BCUT2D eigenvalue weighted by molar-refractivity contribution is 0.0824. The summed E-state index contributed by atoms with van der Waals surface area (Å²) in [6, 6.07) is 11.3. The van der Waals surface area contributed by atoms with Gasteiger partial charge < -0.3 is 10.6 Å². The third-order valence-corrected chi connectivity index (χ3v) is 3.75. The summed E-state index contributed by atoms with van der Waals surface area (Å²) >= 11 is 1.39. The van der Waals surface area contributed by atoms with Gasteiger partial charge in [0.1, 0.15) is 5.82 Å². The minimum Gasteiger partial charge on any atom is -0.399 e. The van der Waals surface area contributed by atoms with Gasteiger partial charge in [-0.2, -0.15) is 0 Å². The molecule has 2 N–H and O–H groups in total. The fourth-order valence-electron chi connectivity index (χ4n) is 1.67. The van der Waals surface area contributed by atoms with Gasteiger partial charge in [0.15, 0.2) is 0 Å². The highest BCUT2D eigenvalue weighted by Crippen LogP contribution is 2.32. The van der Waals surface area contributed by atoms with Crippen molar-refractivity contribution in [3.63, 3.8) is 0 Å². The lowest BCUT2D eigenvalue weighted by atomic mass is 10.2. The highest BCUT2D eigenvalue weighted by atomic mass is 32.2. The molecule has 2 aromatic carbocycles. The zero-order valence-corrected chi connectivity index (χ0v) is 12.1. The molecule has 1 amide bonds. The first-order valence-electron chi connectivity index (χ1n) is 6.02. The highest BCUT2D eigenvalue weighted by Gasteiger charge is 2.14. The molecule has 0 heterocycles. The Morgan fingerprint density at radius 3 is 2.40 bits per heavy atom. The van der Waals surface area contributed by atoms with Crippen molar-refractivity contribution in [2.45, 2.75) is 9.79 Å². The molecule has 0 aromatic heterocycles. The van der Waals surface area contributed by atoms with E-state index >= 15 is 0 Å². The monoisotopic (exact) mass is 290 g/mol. The van der Waals surface area contributed by atoms with Crippen LogP contribution >= 0.6 is 11.8 Å². The van der Waals surface area contributed by atoms with Crippen molar-refractivity contribution in [2.24, 2.45) is 0 Å². The van der Waals surface area contributed by atoms with Crippen molar-refractivity contribution >= 4 is 23.4 Å². The van der Waals surface area contributed by atoms with E-state index in [-0.39, 0.29) is 11.7 Å². The summed E-state index contributed by atoms with van der Waals surface area (Å²) in [6.07, 6.45) is 0. The first-order chi connectivity index (χ1) is 9.47. The van der Waals surface area contributed by atoms with Crippen LogP contribution in [0.3, 0.4) is 0 Å². The van der Waals surface area contributed by atoms with Gasteiger partial charge in [-0.3, -0.25) is 4.79 Å². The molecule has 5 heteroatoms. The number of hydrogen-bond donors (Lipinski definition) is 1. The van der Waals surface area contributed by atoms with Crippen molar-refractivity contribution < 1.29 is 9.18 Å². The average Bonchev–Trinajstić information content (AvgIpc) is 2.41. The highest BCUT2D eigenvalue weighted by molar-refractivity contribution is 7.99. The van der Waals surface area contributed by atoms with Gasteiger partial charge in [0.05, 0.1) is 5.56 Å². The van der Waals surface area contributed by atoms with Gasteiger partial charge in [-0.1, -0.05) is 11.8 Å². The topological polar surface area (TPSA) is 46.3 Å². The fraction of sp³-hybridized carbons (Fsp3) is 0.133. The summed E-state index contributed by atoms with van der Waals surface area (Å²) in [5.74, 6) is -0.374. The largest absolute Gasteiger partial charge is 0.399 e. The Balaban J connectivity index is 2.37. The van der Waals surface area contributed by atoms with Gasteiger partial charge in [0, 0.05) is 29.6 Å². The van der Waals surface area contributed by atoms with E-state index in [2.05, 4.69) is 0 Å². The number of amides is 1. The molecule has 0 atom stereocenters. The number of anilines is 1. The zero-order chi connectivity index (χ0) is 14.7. The van der Waals surface area contributed by atoms with Crippen LogP contribution in [-0.4, -0.2) is 24.9 Å². The smallest absolute Gasteiger partial charge is 0.254 e. The molecule has 2 rings (SSSR count). The summed E-state index contributed by atoms with van der Waals surface area (Å²) in [5, 5.41) is 0. The van der Waals surface area contributed by atoms with Crippen LogP contribution in [0.4, 0.5) is 10.1 Å². The quantitative estimate of drug-likeness (QED) is 0.883. The van der Waals surface area contributed by atoms with Crippen LogP contribution in [0.25, 0.3) is 0 Å². The van der Waals surface area contributed by atoms with Crippen molar-refractivity contribution in [3.8, 4) is 0 Å². The van der Waals surface area contributed by atoms with Gasteiger partial charge in [0.25, 0.3) is 5.91 Å². The Hall–Kier alpha value is -2.01. The van der Waals surface area contributed by atoms with E-state index in [1.54, 1.807) is 44.4 Å². The van der Waals surface area contributed by atoms with E-state index in [4.69, 9.17) is 5.73 Å². The minimum atomic E-state index is -0.286. The summed E-state index contributed by atoms with van der Waals surface area (Å²) in [6.45, 7) is 0. The van der Waals surface area contributed by atoms with Crippen molar-refractivity contribution in [2.75, 3.05) is 19.8 Å². The molecule has 0 bridgehead atoms. The van der Waals surface area contributed by atoms with E-state index in [0.717, 1.165) is 9.79 Å². The number of nitrogen functional groups attached to an aromatic ring is 1. The fourth-order valence-corrected chi connectivity index (χ4v) is 2.66. The van der Waals surface area contributed by atoms with Crippen LogP contribution in [0.15, 0.2) is 52.3 Å². The van der Waals surface area contributed by atoms with Gasteiger partial charge in [-0.15, -0.1) is 0 Å². The first-order valence-corrected chi connectivity index (χ1v) is 6.83. The Labute approximate surface area is 121 Å². The number of benzene rings is 2. The molecule has 20 heavy (non-hydrogen) atoms. The Morgan fingerprint density at radius 2 is 1.80 bits per heavy atom. The van der Waals surface area contributed by atoms with Crippen LogP contribution < -0.4 is 5.73 Å². The third-order valence-electron chi connectivity index (χ3n) is 2.68. The van der Waals surface area contributed by atoms with Crippen molar-refractivity contribution in [3.05, 3.63) is 53.8 Å². The SMILES string of the molecule is CN(C)C(=O)c1ccc(N)cc1Sc1ccc(F)cc1. The maximum atomic E-state index is 12.9. The molecule has 0 aliphatic carbocycles. The molecule has 0 aliphatic heterocycles. The molecule has 3 nitrogen and oxygen atoms in total. The minimum absolute atomic E-state index is 0.0883. The Kier molecular flexibility index (Phi) is 4.29. The maximum Gasteiger partial charge on any atom is 0.254 e. The summed E-state index contributed by atoms with van der Waals surface area (Å²) in [5.41, 5.74) is 6.95. The number of nitrogens with zero attached hydrogens (tertiary/aromatic N) is 1. The molecule has 0 saturated carbocycles. The maximum absolute atomic E-state index is 12.9. The Bertz CT molecular complexity index is 626. The van der Waals surface area contributed by atoms with E-state index < -0.39 is 0 Å². The second-order valence-corrected chi connectivity index (χ2v) is 5.63. The predicted octanol–water partition coefficient (Wildman–Crippen LogP) is 3.26. The molecular weight excluding hydrogens is 275 g/mol. The molecule has 0 aliphatic rings. The second-order valence-electron chi connectivity index (χ2n) is 4.51. The van der Waals surface area contributed by atoms with E-state index in [9.17, 15) is 9.18 Å². The second kappa shape index (κ2) is 5.96. The number of carbonyl (C=O) groups excluding carboxylic acids is 1. The van der Waals surface area contributed by atoms with E-state index in [1.807, 2.05) is 0 Å². The van der Waals surface area contributed by atoms with Crippen LogP contribution in [0, 0.1) is 5.82 Å². The molecule has 0 radical (unpaired) electrons. The summed E-state index contributed by atoms with van der Waals surface area (Å²) in [4.78, 5) is 15.3. The molecular formula is C15H15FN2OS. The van der Waals surface area contributed by atoms with Gasteiger partial charge >= 0.3 is 0 Å². The standard InChI is InChI=1S/C15H15FN2OS/c1-18(2)15(19)13-8-5-11(17)9-14(13)20-12-6-3-10(16)4-7-12/h3-9H,17H2,1-2H3. The van der Waals surface area contributed by atoms with Crippen LogP contribution in [0.1, 0.15) is 10.4 Å². The first kappa shape index (κ1) is 14.4. The molecule has 0 saturated heterocycles. The molecule has 104 valence electrons. The number of nitrogens with two attached hydrogens (primary N) is 1. The lowest BCUT2D eigenvalue weighted by Crippen LogP contribution is -2.22. The molecule has 0 fully saturated rings. The molecule has 0 unspecified atom stereocenters. The predicted molar refractivity (Wildman–Crippen MR) is 79.4 cm³/mol. The number of hydrogen-bond acceptors (Lipinski definition) is 3. The van der Waals surface area contributed by atoms with Gasteiger partial charge in [-0.05, 0) is 42.5 Å². The van der Waals surface area contributed by atoms with Crippen LogP contribution in [0.5, 0.6) is 0 Å². The number of carbonyl (C=O) groups is 1. The van der Waals surface area contributed by atoms with Gasteiger partial charge in [-0.25, -0.2) is 4.39 Å². The van der Waals surface area contributed by atoms with Crippen LogP contribution in [-0.2, 0) is 0 Å². The zero-order valence-electron chi connectivity index (χ0n) is 11.3. The van der Waals surface area contributed by atoms with Gasteiger partial charge in [0.2, 0.25) is 0 Å². The van der Waals surface area contributed by atoms with Crippen molar-refractivity contribution in [1.29, 1.82) is 0 Å². The number of rotatable bonds is 3. The van der Waals surface area contributed by atoms with Crippen LogP contribution in [0.2, 0.25) is 0 Å². The Morgan fingerprint density at radius 1 is 1.15 bits per heavy atom.